The Morgan fingerprint density at radius 3 is 2.39 bits per heavy atom. The van der Waals surface area contributed by atoms with E-state index in [-0.39, 0.29) is 25.4 Å². The number of carbonyl (C=O) groups excluding carboxylic acids is 1. The van der Waals surface area contributed by atoms with Gasteiger partial charge in [0.15, 0.2) is 23.4 Å². The van der Waals surface area contributed by atoms with Gasteiger partial charge in [-0.25, -0.2) is 0 Å². The van der Waals surface area contributed by atoms with Crippen molar-refractivity contribution >= 4 is 23.3 Å². The first kappa shape index (κ1) is 26.4. The summed E-state index contributed by atoms with van der Waals surface area (Å²) in [6, 6.07) is 15.5. The SMILES string of the molecule is COCOc1ccc(CNC(=S)NC(COC(=O)C(C)(C)C)Cc2ccccc2)cc1OC. The van der Waals surface area contributed by atoms with Crippen LogP contribution in [0.3, 0.4) is 0 Å². The van der Waals surface area contributed by atoms with Crippen molar-refractivity contribution in [1.29, 1.82) is 0 Å². The third-order valence-corrected chi connectivity index (χ3v) is 4.96. The molecule has 180 valence electrons. The topological polar surface area (TPSA) is 78.0 Å². The summed E-state index contributed by atoms with van der Waals surface area (Å²) in [5.41, 5.74) is 1.54. The second-order valence-corrected chi connectivity index (χ2v) is 9.01. The van der Waals surface area contributed by atoms with Gasteiger partial charge in [0, 0.05) is 13.7 Å². The maximum atomic E-state index is 12.2. The van der Waals surface area contributed by atoms with Crippen molar-refractivity contribution in [3.8, 4) is 11.5 Å². The molecule has 33 heavy (non-hydrogen) atoms. The summed E-state index contributed by atoms with van der Waals surface area (Å²) in [4.78, 5) is 12.2. The Balaban J connectivity index is 1.97. The van der Waals surface area contributed by atoms with Crippen molar-refractivity contribution in [2.45, 2.75) is 39.8 Å². The zero-order valence-electron chi connectivity index (χ0n) is 20.0. The number of rotatable bonds is 11. The number of benzene rings is 2. The maximum absolute atomic E-state index is 12.2. The highest BCUT2D eigenvalue weighted by molar-refractivity contribution is 7.80. The minimum Gasteiger partial charge on any atom is -0.493 e. The standard InChI is InChI=1S/C25H34N2O5S/c1-25(2,3)23(28)31-16-20(13-18-9-7-6-8-10-18)27-24(33)26-15-19-11-12-21(32-17-29-4)22(14-19)30-5/h6-12,14,20H,13,15-17H2,1-5H3,(H2,26,27,33). The molecule has 0 spiro atoms. The number of esters is 1. The van der Waals surface area contributed by atoms with Crippen molar-refractivity contribution in [1.82, 2.24) is 10.6 Å². The van der Waals surface area contributed by atoms with Crippen LogP contribution in [-0.2, 0) is 27.2 Å². The first-order chi connectivity index (χ1) is 15.7. The van der Waals surface area contributed by atoms with Crippen molar-refractivity contribution in [3.63, 3.8) is 0 Å². The second-order valence-electron chi connectivity index (χ2n) is 8.60. The number of hydrogen-bond acceptors (Lipinski definition) is 6. The lowest BCUT2D eigenvalue weighted by atomic mass is 9.97. The lowest BCUT2D eigenvalue weighted by Gasteiger charge is -2.23. The van der Waals surface area contributed by atoms with Crippen molar-refractivity contribution in [2.75, 3.05) is 27.6 Å². The zero-order chi connectivity index (χ0) is 24.3. The summed E-state index contributed by atoms with van der Waals surface area (Å²) < 4.78 is 21.4. The van der Waals surface area contributed by atoms with Crippen molar-refractivity contribution in [2.24, 2.45) is 5.41 Å². The Morgan fingerprint density at radius 1 is 1.03 bits per heavy atom. The van der Waals surface area contributed by atoms with Crippen LogP contribution < -0.4 is 20.1 Å². The van der Waals surface area contributed by atoms with E-state index in [0.717, 1.165) is 11.1 Å². The third-order valence-electron chi connectivity index (χ3n) is 4.70. The molecule has 0 fully saturated rings. The molecule has 0 radical (unpaired) electrons. The van der Waals surface area contributed by atoms with Crippen LogP contribution in [0.2, 0.25) is 0 Å². The van der Waals surface area contributed by atoms with Gasteiger partial charge >= 0.3 is 5.97 Å². The highest BCUT2D eigenvalue weighted by atomic mass is 32.1. The first-order valence-corrected chi connectivity index (χ1v) is 11.2. The van der Waals surface area contributed by atoms with E-state index in [1.54, 1.807) is 14.2 Å². The summed E-state index contributed by atoms with van der Waals surface area (Å²) >= 11 is 5.51. The van der Waals surface area contributed by atoms with Gasteiger partial charge in [-0.2, -0.15) is 0 Å². The van der Waals surface area contributed by atoms with Gasteiger partial charge in [0.1, 0.15) is 6.61 Å². The molecule has 8 heteroatoms. The van der Waals surface area contributed by atoms with Gasteiger partial charge in [-0.15, -0.1) is 0 Å². The molecule has 0 heterocycles. The van der Waals surface area contributed by atoms with Crippen LogP contribution in [0, 0.1) is 5.41 Å². The van der Waals surface area contributed by atoms with Gasteiger partial charge in [0.05, 0.1) is 18.6 Å². The molecule has 2 rings (SSSR count). The van der Waals surface area contributed by atoms with Gasteiger partial charge in [-0.3, -0.25) is 4.79 Å². The first-order valence-electron chi connectivity index (χ1n) is 10.8. The number of methoxy groups -OCH3 is 2. The van der Waals surface area contributed by atoms with Crippen LogP contribution in [-0.4, -0.2) is 44.7 Å². The van der Waals surface area contributed by atoms with Crippen molar-refractivity contribution < 1.29 is 23.7 Å². The Bertz CT molecular complexity index is 899. The Hall–Kier alpha value is -2.84. The predicted octanol–water partition coefficient (Wildman–Crippen LogP) is 3.84. The van der Waals surface area contributed by atoms with Crippen LogP contribution in [0.25, 0.3) is 0 Å². The largest absolute Gasteiger partial charge is 0.493 e. The molecule has 0 aliphatic heterocycles. The minimum atomic E-state index is -0.561. The molecule has 0 bridgehead atoms. The second kappa shape index (κ2) is 13.0. The molecule has 7 nitrogen and oxygen atoms in total. The lowest BCUT2D eigenvalue weighted by molar-refractivity contribution is -0.153. The van der Waals surface area contributed by atoms with Crippen LogP contribution in [0.1, 0.15) is 31.9 Å². The molecule has 2 aromatic rings. The molecule has 0 saturated carbocycles. The highest BCUT2D eigenvalue weighted by Crippen LogP contribution is 2.28. The molecule has 0 aliphatic carbocycles. The minimum absolute atomic E-state index is 0.143. The molecule has 0 aromatic heterocycles. The monoisotopic (exact) mass is 474 g/mol. The van der Waals surface area contributed by atoms with Crippen molar-refractivity contribution in [3.05, 3.63) is 59.7 Å². The average Bonchev–Trinajstić information content (AvgIpc) is 2.79. The Labute approximate surface area is 201 Å². The number of hydrogen-bond donors (Lipinski definition) is 2. The molecule has 2 N–H and O–H groups in total. The highest BCUT2D eigenvalue weighted by Gasteiger charge is 2.24. The number of nitrogens with one attached hydrogen (secondary N) is 2. The van der Waals surface area contributed by atoms with E-state index in [4.69, 9.17) is 31.2 Å². The fourth-order valence-electron chi connectivity index (χ4n) is 2.93. The lowest BCUT2D eigenvalue weighted by Crippen LogP contribution is -2.45. The summed E-state index contributed by atoms with van der Waals surface area (Å²) in [5, 5.41) is 6.96. The van der Waals surface area contributed by atoms with Gasteiger partial charge in [0.25, 0.3) is 0 Å². The molecule has 1 unspecified atom stereocenters. The summed E-state index contributed by atoms with van der Waals surface area (Å²) in [6.45, 7) is 6.35. The molecule has 2 aromatic carbocycles. The average molecular weight is 475 g/mol. The van der Waals surface area contributed by atoms with Crippen LogP contribution in [0.15, 0.2) is 48.5 Å². The van der Waals surface area contributed by atoms with Crippen LogP contribution in [0.5, 0.6) is 11.5 Å². The van der Waals surface area contributed by atoms with E-state index < -0.39 is 5.41 Å². The van der Waals surface area contributed by atoms with E-state index in [9.17, 15) is 4.79 Å². The van der Waals surface area contributed by atoms with Gasteiger partial charge < -0.3 is 29.6 Å². The zero-order valence-corrected chi connectivity index (χ0v) is 20.8. The molecule has 0 aliphatic rings. The molecule has 0 amide bonds. The summed E-state index contributed by atoms with van der Waals surface area (Å²) in [5.74, 6) is 0.970. The normalized spacial score (nSPS) is 11.9. The maximum Gasteiger partial charge on any atom is 0.311 e. The van der Waals surface area contributed by atoms with Gasteiger partial charge in [0.2, 0.25) is 0 Å². The summed E-state index contributed by atoms with van der Waals surface area (Å²) in [7, 11) is 3.15. The van der Waals surface area contributed by atoms with E-state index >= 15 is 0 Å². The van der Waals surface area contributed by atoms with Gasteiger partial charge in [-0.05, 0) is 62.7 Å². The summed E-state index contributed by atoms with van der Waals surface area (Å²) in [6.07, 6.45) is 0.666. The van der Waals surface area contributed by atoms with E-state index in [2.05, 4.69) is 10.6 Å². The molecular formula is C25H34N2O5S. The predicted molar refractivity (Wildman–Crippen MR) is 132 cm³/mol. The fourth-order valence-corrected chi connectivity index (χ4v) is 3.16. The fraction of sp³-hybridized carbons (Fsp3) is 0.440. The molecule has 0 saturated heterocycles. The van der Waals surface area contributed by atoms with Gasteiger partial charge in [-0.1, -0.05) is 36.4 Å². The smallest absolute Gasteiger partial charge is 0.311 e. The number of carbonyl (C=O) groups is 1. The van der Waals surface area contributed by atoms with E-state index in [0.29, 0.717) is 29.6 Å². The quantitative estimate of drug-likeness (QED) is 0.289. The van der Waals surface area contributed by atoms with Crippen LogP contribution in [0.4, 0.5) is 0 Å². The number of ether oxygens (including phenoxy) is 4. The Kier molecular flexibility index (Phi) is 10.4. The van der Waals surface area contributed by atoms with E-state index in [1.165, 1.54) is 0 Å². The van der Waals surface area contributed by atoms with E-state index in [1.807, 2.05) is 69.3 Å². The molecule has 1 atom stereocenters. The molecular weight excluding hydrogens is 440 g/mol. The third kappa shape index (κ3) is 9.27. The van der Waals surface area contributed by atoms with Crippen LogP contribution >= 0.6 is 12.2 Å². The number of thiocarbonyl (C=S) groups is 1. The Morgan fingerprint density at radius 2 is 1.76 bits per heavy atom.